The Hall–Kier alpha value is -0.560. The smallest absolute Gasteiger partial charge is 0.150 e. The van der Waals surface area contributed by atoms with E-state index >= 15 is 0 Å². The molecule has 66 valence electrons. The van der Waals surface area contributed by atoms with Crippen LogP contribution in [-0.4, -0.2) is 19.9 Å². The minimum absolute atomic E-state index is 0.132. The van der Waals surface area contributed by atoms with Crippen LogP contribution >= 0.6 is 0 Å². The molecule has 2 fully saturated rings. The Morgan fingerprint density at radius 1 is 1.42 bits per heavy atom. The Kier molecular flexibility index (Phi) is 1.50. The summed E-state index contributed by atoms with van der Waals surface area (Å²) in [6.45, 7) is 0. The Labute approximate surface area is 72.3 Å². The standard InChI is InChI=1S/C8H11NO2S/c9-6-8(2-3-8)7-1-4-12(10,11)5-7/h7H,1-5H2. The van der Waals surface area contributed by atoms with Gasteiger partial charge in [0.2, 0.25) is 0 Å². The molecule has 0 N–H and O–H groups in total. The first-order valence-electron chi connectivity index (χ1n) is 4.20. The van der Waals surface area contributed by atoms with Gasteiger partial charge in [0, 0.05) is 0 Å². The summed E-state index contributed by atoms with van der Waals surface area (Å²) in [5.41, 5.74) is -0.246. The average Bonchev–Trinajstić information content (AvgIpc) is 2.72. The molecule has 3 nitrogen and oxygen atoms in total. The van der Waals surface area contributed by atoms with E-state index in [1.807, 2.05) is 0 Å². The van der Waals surface area contributed by atoms with Gasteiger partial charge in [-0.15, -0.1) is 0 Å². The molecule has 4 heteroatoms. The molecule has 0 aromatic carbocycles. The van der Waals surface area contributed by atoms with Crippen molar-refractivity contribution in [1.29, 1.82) is 5.26 Å². The van der Waals surface area contributed by atoms with Crippen molar-refractivity contribution < 1.29 is 8.42 Å². The molecular formula is C8H11NO2S. The van der Waals surface area contributed by atoms with Crippen LogP contribution in [0.15, 0.2) is 0 Å². The lowest BCUT2D eigenvalue weighted by atomic mass is 9.90. The maximum absolute atomic E-state index is 11.1. The molecule has 1 aliphatic carbocycles. The van der Waals surface area contributed by atoms with Gasteiger partial charge in [-0.1, -0.05) is 0 Å². The van der Waals surface area contributed by atoms with Crippen molar-refractivity contribution in [2.24, 2.45) is 11.3 Å². The van der Waals surface area contributed by atoms with E-state index in [1.54, 1.807) is 0 Å². The van der Waals surface area contributed by atoms with Crippen LogP contribution < -0.4 is 0 Å². The minimum Gasteiger partial charge on any atom is -0.229 e. The van der Waals surface area contributed by atoms with Crippen LogP contribution in [0.25, 0.3) is 0 Å². The van der Waals surface area contributed by atoms with E-state index in [9.17, 15) is 8.42 Å². The van der Waals surface area contributed by atoms with Crippen molar-refractivity contribution >= 4 is 9.84 Å². The van der Waals surface area contributed by atoms with Crippen molar-refractivity contribution in [2.75, 3.05) is 11.5 Å². The van der Waals surface area contributed by atoms with Crippen molar-refractivity contribution in [3.63, 3.8) is 0 Å². The average molecular weight is 185 g/mol. The van der Waals surface area contributed by atoms with Crippen LogP contribution in [0.4, 0.5) is 0 Å². The van der Waals surface area contributed by atoms with E-state index in [1.165, 1.54) is 0 Å². The van der Waals surface area contributed by atoms with Crippen molar-refractivity contribution in [2.45, 2.75) is 19.3 Å². The van der Waals surface area contributed by atoms with Crippen molar-refractivity contribution in [3.8, 4) is 6.07 Å². The first-order chi connectivity index (χ1) is 5.58. The summed E-state index contributed by atoms with van der Waals surface area (Å²) in [4.78, 5) is 0. The van der Waals surface area contributed by atoms with Crippen LogP contribution in [-0.2, 0) is 9.84 Å². The summed E-state index contributed by atoms with van der Waals surface area (Å²) in [6.07, 6.45) is 2.52. The highest BCUT2D eigenvalue weighted by Crippen LogP contribution is 2.54. The normalized spacial score (nSPS) is 35.8. The molecule has 0 amide bonds. The van der Waals surface area contributed by atoms with Gasteiger partial charge >= 0.3 is 0 Å². The third-order valence-corrected chi connectivity index (χ3v) is 4.79. The molecule has 0 spiro atoms. The third kappa shape index (κ3) is 1.13. The second kappa shape index (κ2) is 2.23. The van der Waals surface area contributed by atoms with Gasteiger partial charge in [0.05, 0.1) is 23.0 Å². The largest absolute Gasteiger partial charge is 0.229 e. The van der Waals surface area contributed by atoms with E-state index in [-0.39, 0.29) is 17.1 Å². The highest BCUT2D eigenvalue weighted by atomic mass is 32.2. The topological polar surface area (TPSA) is 57.9 Å². The molecule has 2 aliphatic rings. The Bertz CT molecular complexity index is 335. The van der Waals surface area contributed by atoms with E-state index in [2.05, 4.69) is 6.07 Å². The second-order valence-corrected chi connectivity index (χ2v) is 6.10. The lowest BCUT2D eigenvalue weighted by Gasteiger charge is -2.11. The van der Waals surface area contributed by atoms with Gasteiger partial charge in [0.1, 0.15) is 0 Å². The Morgan fingerprint density at radius 2 is 2.08 bits per heavy atom. The summed E-state index contributed by atoms with van der Waals surface area (Å²) < 4.78 is 22.2. The number of sulfone groups is 1. The van der Waals surface area contributed by atoms with Gasteiger partial charge < -0.3 is 0 Å². The number of hydrogen-bond donors (Lipinski definition) is 0. The summed E-state index contributed by atoms with van der Waals surface area (Å²) in [5, 5.41) is 8.84. The lowest BCUT2D eigenvalue weighted by molar-refractivity contribution is 0.429. The van der Waals surface area contributed by atoms with Crippen LogP contribution in [0.5, 0.6) is 0 Å². The van der Waals surface area contributed by atoms with Crippen LogP contribution in [0.1, 0.15) is 19.3 Å². The van der Waals surface area contributed by atoms with E-state index < -0.39 is 9.84 Å². The van der Waals surface area contributed by atoms with E-state index in [4.69, 9.17) is 5.26 Å². The molecular weight excluding hydrogens is 174 g/mol. The maximum atomic E-state index is 11.1. The zero-order valence-corrected chi connectivity index (χ0v) is 7.60. The Balaban J connectivity index is 2.16. The van der Waals surface area contributed by atoms with Crippen LogP contribution in [0.3, 0.4) is 0 Å². The molecule has 1 unspecified atom stereocenters. The first kappa shape index (κ1) is 8.06. The van der Waals surface area contributed by atoms with Gasteiger partial charge in [-0.3, -0.25) is 0 Å². The summed E-state index contributed by atoms with van der Waals surface area (Å²) in [7, 11) is -2.80. The van der Waals surface area contributed by atoms with Crippen LogP contribution in [0.2, 0.25) is 0 Å². The lowest BCUT2D eigenvalue weighted by Crippen LogP contribution is -2.15. The highest BCUT2D eigenvalue weighted by molar-refractivity contribution is 7.91. The molecule has 1 aliphatic heterocycles. The van der Waals surface area contributed by atoms with Gasteiger partial charge in [-0.05, 0) is 25.2 Å². The highest BCUT2D eigenvalue weighted by Gasteiger charge is 2.53. The zero-order valence-electron chi connectivity index (χ0n) is 6.78. The fourth-order valence-electron chi connectivity index (χ4n) is 1.98. The molecule has 12 heavy (non-hydrogen) atoms. The molecule has 0 aromatic heterocycles. The molecule has 2 rings (SSSR count). The fraction of sp³-hybridized carbons (Fsp3) is 0.875. The van der Waals surface area contributed by atoms with Gasteiger partial charge in [-0.2, -0.15) is 5.26 Å². The van der Waals surface area contributed by atoms with Crippen molar-refractivity contribution in [1.82, 2.24) is 0 Å². The second-order valence-electron chi connectivity index (χ2n) is 3.87. The molecule has 1 saturated carbocycles. The fourth-order valence-corrected chi connectivity index (χ4v) is 3.89. The molecule has 0 bridgehead atoms. The first-order valence-corrected chi connectivity index (χ1v) is 6.02. The third-order valence-electron chi connectivity index (χ3n) is 3.03. The van der Waals surface area contributed by atoms with Crippen LogP contribution in [0, 0.1) is 22.7 Å². The maximum Gasteiger partial charge on any atom is 0.150 e. The molecule has 1 heterocycles. The molecule has 1 atom stereocenters. The summed E-state index contributed by atoms with van der Waals surface area (Å²) in [6, 6.07) is 2.27. The predicted octanol–water partition coefficient (Wildman–Crippen LogP) is 0.725. The quantitative estimate of drug-likeness (QED) is 0.605. The number of nitriles is 1. The predicted molar refractivity (Wildman–Crippen MR) is 44.0 cm³/mol. The molecule has 0 radical (unpaired) electrons. The minimum atomic E-state index is -2.80. The Morgan fingerprint density at radius 3 is 2.42 bits per heavy atom. The number of nitrogens with zero attached hydrogens (tertiary/aromatic N) is 1. The summed E-state index contributed by atoms with van der Waals surface area (Å²) in [5.74, 6) is 0.675. The number of rotatable bonds is 1. The zero-order chi connectivity index (χ0) is 8.82. The SMILES string of the molecule is N#CC1(C2CCS(=O)(=O)C2)CC1. The van der Waals surface area contributed by atoms with E-state index in [0.717, 1.165) is 12.8 Å². The van der Waals surface area contributed by atoms with Crippen molar-refractivity contribution in [3.05, 3.63) is 0 Å². The summed E-state index contributed by atoms with van der Waals surface area (Å²) >= 11 is 0. The number of hydrogen-bond acceptors (Lipinski definition) is 3. The monoisotopic (exact) mass is 185 g/mol. The van der Waals surface area contributed by atoms with Gasteiger partial charge in [0.25, 0.3) is 0 Å². The van der Waals surface area contributed by atoms with Gasteiger partial charge in [-0.25, -0.2) is 8.42 Å². The molecule has 0 aromatic rings. The van der Waals surface area contributed by atoms with E-state index in [0.29, 0.717) is 12.2 Å². The van der Waals surface area contributed by atoms with Gasteiger partial charge in [0.15, 0.2) is 9.84 Å². The molecule has 1 saturated heterocycles.